The van der Waals surface area contributed by atoms with E-state index in [1.807, 2.05) is 13.1 Å². The first-order valence-electron chi connectivity index (χ1n) is 7.00. The van der Waals surface area contributed by atoms with Crippen molar-refractivity contribution in [1.82, 2.24) is 9.55 Å². The zero-order valence-corrected chi connectivity index (χ0v) is 13.2. The van der Waals surface area contributed by atoms with Gasteiger partial charge in [0.15, 0.2) is 0 Å². The van der Waals surface area contributed by atoms with Crippen LogP contribution in [-0.4, -0.2) is 15.8 Å². The van der Waals surface area contributed by atoms with Crippen LogP contribution in [-0.2, 0) is 6.54 Å². The fraction of sp³-hybridized carbons (Fsp3) is 0.250. The lowest BCUT2D eigenvalue weighted by Gasteiger charge is -1.97. The average molecular weight is 298 g/mol. The Morgan fingerprint density at radius 1 is 1.33 bits per heavy atom. The van der Waals surface area contributed by atoms with E-state index in [1.54, 1.807) is 11.3 Å². The van der Waals surface area contributed by atoms with Crippen molar-refractivity contribution in [2.24, 2.45) is 5.10 Å². The SMILES string of the molecule is CCn1cc(/C=N\Nc2nc(C)c(C)s2)c2ccccc21. The molecular formula is C16H18N4S. The maximum Gasteiger partial charge on any atom is 0.203 e. The zero-order valence-electron chi connectivity index (χ0n) is 12.4. The van der Waals surface area contributed by atoms with Gasteiger partial charge in [-0.1, -0.05) is 18.2 Å². The van der Waals surface area contributed by atoms with Crippen LogP contribution in [0.2, 0.25) is 0 Å². The Labute approximate surface area is 128 Å². The van der Waals surface area contributed by atoms with Gasteiger partial charge in [0.05, 0.1) is 11.9 Å². The smallest absolute Gasteiger partial charge is 0.203 e. The van der Waals surface area contributed by atoms with Crippen LogP contribution in [0.4, 0.5) is 5.13 Å². The van der Waals surface area contributed by atoms with E-state index in [-0.39, 0.29) is 0 Å². The van der Waals surface area contributed by atoms with Crippen LogP contribution in [0.15, 0.2) is 35.6 Å². The second-order valence-corrected chi connectivity index (χ2v) is 6.12. The minimum atomic E-state index is 0.834. The van der Waals surface area contributed by atoms with Gasteiger partial charge >= 0.3 is 0 Å². The zero-order chi connectivity index (χ0) is 14.8. The monoisotopic (exact) mass is 298 g/mol. The maximum atomic E-state index is 4.41. The molecule has 0 aliphatic carbocycles. The molecule has 2 heterocycles. The highest BCUT2D eigenvalue weighted by Crippen LogP contribution is 2.22. The third-order valence-electron chi connectivity index (χ3n) is 3.55. The molecule has 0 fully saturated rings. The largest absolute Gasteiger partial charge is 0.347 e. The number of nitrogens with zero attached hydrogens (tertiary/aromatic N) is 3. The molecule has 0 aliphatic rings. The van der Waals surface area contributed by atoms with Crippen molar-refractivity contribution in [2.75, 3.05) is 5.43 Å². The summed E-state index contributed by atoms with van der Waals surface area (Å²) in [6, 6.07) is 8.38. The number of hydrazone groups is 1. The van der Waals surface area contributed by atoms with E-state index in [1.165, 1.54) is 15.8 Å². The lowest BCUT2D eigenvalue weighted by atomic mass is 10.2. The molecule has 0 spiro atoms. The molecular weight excluding hydrogens is 280 g/mol. The van der Waals surface area contributed by atoms with Gasteiger partial charge in [0.25, 0.3) is 0 Å². The summed E-state index contributed by atoms with van der Waals surface area (Å²) in [5, 5.41) is 6.38. The van der Waals surface area contributed by atoms with Crippen LogP contribution in [0.25, 0.3) is 10.9 Å². The summed E-state index contributed by atoms with van der Waals surface area (Å²) in [5.74, 6) is 0. The lowest BCUT2D eigenvalue weighted by Crippen LogP contribution is -1.91. The molecule has 21 heavy (non-hydrogen) atoms. The number of anilines is 1. The number of aromatic nitrogens is 2. The maximum absolute atomic E-state index is 4.41. The molecule has 1 N–H and O–H groups in total. The second-order valence-electron chi connectivity index (χ2n) is 4.92. The van der Waals surface area contributed by atoms with Crippen LogP contribution in [0.3, 0.4) is 0 Å². The van der Waals surface area contributed by atoms with Crippen LogP contribution < -0.4 is 5.43 Å². The van der Waals surface area contributed by atoms with Crippen LogP contribution in [0, 0.1) is 13.8 Å². The van der Waals surface area contributed by atoms with Crippen LogP contribution >= 0.6 is 11.3 Å². The topological polar surface area (TPSA) is 42.2 Å². The summed E-state index contributed by atoms with van der Waals surface area (Å²) in [5.41, 5.74) is 6.42. The Balaban J connectivity index is 1.86. The molecule has 2 aromatic heterocycles. The average Bonchev–Trinajstić information content (AvgIpc) is 3.00. The summed E-state index contributed by atoms with van der Waals surface area (Å²) in [6.07, 6.45) is 3.99. The predicted octanol–water partition coefficient (Wildman–Crippen LogP) is 4.18. The quantitative estimate of drug-likeness (QED) is 0.580. The second kappa shape index (κ2) is 5.69. The van der Waals surface area contributed by atoms with Gasteiger partial charge in [0.1, 0.15) is 0 Å². The molecule has 0 amide bonds. The van der Waals surface area contributed by atoms with Crippen molar-refractivity contribution in [1.29, 1.82) is 0 Å². The van der Waals surface area contributed by atoms with Gasteiger partial charge < -0.3 is 4.57 Å². The molecule has 0 atom stereocenters. The van der Waals surface area contributed by atoms with Crippen molar-refractivity contribution in [3.05, 3.63) is 46.6 Å². The predicted molar refractivity (Wildman–Crippen MR) is 90.4 cm³/mol. The fourth-order valence-corrected chi connectivity index (χ4v) is 3.08. The Morgan fingerprint density at radius 2 is 2.14 bits per heavy atom. The molecule has 0 saturated heterocycles. The number of benzene rings is 1. The first-order valence-corrected chi connectivity index (χ1v) is 7.81. The molecule has 108 valence electrons. The third kappa shape index (κ3) is 2.69. The molecule has 5 heteroatoms. The van der Waals surface area contributed by atoms with E-state index in [9.17, 15) is 0 Å². The first kappa shape index (κ1) is 13.8. The van der Waals surface area contributed by atoms with E-state index < -0.39 is 0 Å². The molecule has 4 nitrogen and oxygen atoms in total. The van der Waals surface area contributed by atoms with Gasteiger partial charge in [-0.2, -0.15) is 5.10 Å². The van der Waals surface area contributed by atoms with Crippen LogP contribution in [0.1, 0.15) is 23.1 Å². The molecule has 0 bridgehead atoms. The number of thiazole rings is 1. The molecule has 3 aromatic rings. The Hall–Kier alpha value is -2.14. The van der Waals surface area contributed by atoms with E-state index in [4.69, 9.17) is 0 Å². The molecule has 0 unspecified atom stereocenters. The van der Waals surface area contributed by atoms with Crippen LogP contribution in [0.5, 0.6) is 0 Å². The molecule has 3 rings (SSSR count). The molecule has 1 aromatic carbocycles. The van der Waals surface area contributed by atoms with Gasteiger partial charge in [-0.25, -0.2) is 4.98 Å². The summed E-state index contributed by atoms with van der Waals surface area (Å²) in [6.45, 7) is 7.17. The van der Waals surface area contributed by atoms with Gasteiger partial charge in [-0.3, -0.25) is 5.43 Å². The van der Waals surface area contributed by atoms with Gasteiger partial charge in [-0.15, -0.1) is 11.3 Å². The summed E-state index contributed by atoms with van der Waals surface area (Å²) in [4.78, 5) is 5.63. The lowest BCUT2D eigenvalue weighted by molar-refractivity contribution is 0.797. The Bertz CT molecular complexity index is 778. The number of hydrogen-bond acceptors (Lipinski definition) is 4. The number of rotatable bonds is 4. The normalized spacial score (nSPS) is 11.6. The Morgan fingerprint density at radius 3 is 2.86 bits per heavy atom. The van der Waals surface area contributed by atoms with Crippen molar-refractivity contribution in [3.63, 3.8) is 0 Å². The van der Waals surface area contributed by atoms with E-state index in [0.717, 1.165) is 22.9 Å². The van der Waals surface area contributed by atoms with E-state index in [2.05, 4.69) is 64.4 Å². The third-order valence-corrected chi connectivity index (χ3v) is 4.53. The highest BCUT2D eigenvalue weighted by molar-refractivity contribution is 7.15. The number of nitrogens with one attached hydrogen (secondary N) is 1. The van der Waals surface area contributed by atoms with Gasteiger partial charge in [0.2, 0.25) is 5.13 Å². The molecule has 0 aliphatic heterocycles. The standard InChI is InChI=1S/C16H18N4S/c1-4-20-10-13(14-7-5-6-8-15(14)20)9-17-19-16-18-11(2)12(3)21-16/h5-10H,4H2,1-3H3,(H,18,19)/b17-9-. The van der Waals surface area contributed by atoms with E-state index in [0.29, 0.717) is 0 Å². The van der Waals surface area contributed by atoms with Crippen molar-refractivity contribution >= 4 is 33.6 Å². The van der Waals surface area contributed by atoms with Gasteiger partial charge in [-0.05, 0) is 26.8 Å². The summed E-state index contributed by atoms with van der Waals surface area (Å²) in [7, 11) is 0. The Kier molecular flexibility index (Phi) is 3.75. The number of aryl methyl sites for hydroxylation is 3. The highest BCUT2D eigenvalue weighted by atomic mass is 32.1. The first-order chi connectivity index (χ1) is 10.2. The summed E-state index contributed by atoms with van der Waals surface area (Å²) < 4.78 is 2.23. The van der Waals surface area contributed by atoms with Gasteiger partial charge in [0, 0.05) is 34.1 Å². The van der Waals surface area contributed by atoms with Crippen molar-refractivity contribution in [2.45, 2.75) is 27.3 Å². The number of hydrogen-bond donors (Lipinski definition) is 1. The van der Waals surface area contributed by atoms with E-state index >= 15 is 0 Å². The number of para-hydroxylation sites is 1. The minimum Gasteiger partial charge on any atom is -0.347 e. The minimum absolute atomic E-state index is 0.834. The summed E-state index contributed by atoms with van der Waals surface area (Å²) >= 11 is 1.62. The fourth-order valence-electron chi connectivity index (χ4n) is 2.32. The highest BCUT2D eigenvalue weighted by Gasteiger charge is 2.05. The van der Waals surface area contributed by atoms with Crippen molar-refractivity contribution in [3.8, 4) is 0 Å². The van der Waals surface area contributed by atoms with Crippen molar-refractivity contribution < 1.29 is 0 Å². The molecule has 0 radical (unpaired) electrons. The number of fused-ring (bicyclic) bond motifs is 1. The molecule has 0 saturated carbocycles.